The summed E-state index contributed by atoms with van der Waals surface area (Å²) in [7, 11) is 0. The van der Waals surface area contributed by atoms with Crippen LogP contribution in [-0.2, 0) is 0 Å². The summed E-state index contributed by atoms with van der Waals surface area (Å²) in [5.74, 6) is -0.388. The zero-order valence-electron chi connectivity index (χ0n) is 8.51. The number of nitrogens with zero attached hydrogens (tertiary/aromatic N) is 2. The maximum Gasteiger partial charge on any atom is 0.421 e. The van der Waals surface area contributed by atoms with Crippen molar-refractivity contribution in [2.24, 2.45) is 5.73 Å². The van der Waals surface area contributed by atoms with Crippen LogP contribution in [0, 0.1) is 0 Å². The maximum absolute atomic E-state index is 11.6. The molecular formula is C10H13N3O2. The van der Waals surface area contributed by atoms with Crippen molar-refractivity contribution in [1.82, 2.24) is 9.55 Å². The molecule has 0 spiro atoms. The molecule has 0 saturated carbocycles. The molecule has 2 aromatic rings. The highest BCUT2D eigenvalue weighted by Crippen LogP contribution is 2.15. The van der Waals surface area contributed by atoms with E-state index in [1.54, 1.807) is 18.3 Å². The number of oxazole rings is 1. The molecule has 0 aliphatic carbocycles. The first kappa shape index (κ1) is 9.92. The van der Waals surface area contributed by atoms with Gasteiger partial charge in [-0.1, -0.05) is 6.92 Å². The standard InChI is InChI=1S/C10H13N3O2/c1-2-7(6-11)13-9-8(15-10(13)14)4-3-5-12-9/h3-5,7H,2,6,11H2,1H3. The monoisotopic (exact) mass is 207 g/mol. The van der Waals surface area contributed by atoms with Gasteiger partial charge in [0, 0.05) is 12.7 Å². The van der Waals surface area contributed by atoms with Crippen LogP contribution in [0.2, 0.25) is 0 Å². The number of hydrogen-bond donors (Lipinski definition) is 1. The van der Waals surface area contributed by atoms with Gasteiger partial charge in [0.05, 0.1) is 6.04 Å². The Bertz CT molecular complexity index is 511. The number of fused-ring (bicyclic) bond motifs is 1. The fraction of sp³-hybridized carbons (Fsp3) is 0.400. The van der Waals surface area contributed by atoms with E-state index in [1.807, 2.05) is 6.92 Å². The Morgan fingerprint density at radius 3 is 3.13 bits per heavy atom. The summed E-state index contributed by atoms with van der Waals surface area (Å²) in [5, 5.41) is 0. The van der Waals surface area contributed by atoms with Crippen LogP contribution in [0.3, 0.4) is 0 Å². The molecule has 0 saturated heterocycles. The SMILES string of the molecule is CCC(CN)n1c(=O)oc2cccnc21. The van der Waals surface area contributed by atoms with E-state index in [2.05, 4.69) is 4.98 Å². The summed E-state index contributed by atoms with van der Waals surface area (Å²) in [4.78, 5) is 15.7. The topological polar surface area (TPSA) is 74.0 Å². The summed E-state index contributed by atoms with van der Waals surface area (Å²) in [5.41, 5.74) is 6.68. The van der Waals surface area contributed by atoms with E-state index >= 15 is 0 Å². The van der Waals surface area contributed by atoms with Crippen molar-refractivity contribution in [1.29, 1.82) is 0 Å². The number of nitrogens with two attached hydrogens (primary N) is 1. The van der Waals surface area contributed by atoms with Gasteiger partial charge in [-0.05, 0) is 18.6 Å². The minimum atomic E-state index is -0.388. The van der Waals surface area contributed by atoms with E-state index in [0.29, 0.717) is 17.8 Å². The Morgan fingerprint density at radius 2 is 2.47 bits per heavy atom. The summed E-state index contributed by atoms with van der Waals surface area (Å²) in [6.45, 7) is 2.38. The predicted molar refractivity (Wildman–Crippen MR) is 56.7 cm³/mol. The Kier molecular flexibility index (Phi) is 2.55. The molecule has 2 aromatic heterocycles. The second kappa shape index (κ2) is 3.86. The lowest BCUT2D eigenvalue weighted by molar-refractivity contribution is 0.434. The number of hydrogen-bond acceptors (Lipinski definition) is 4. The Balaban J connectivity index is 2.68. The number of rotatable bonds is 3. The summed E-state index contributed by atoms with van der Waals surface area (Å²) in [6.07, 6.45) is 2.42. The highest BCUT2D eigenvalue weighted by molar-refractivity contribution is 5.67. The zero-order valence-corrected chi connectivity index (χ0v) is 8.51. The largest absolute Gasteiger partial charge is 0.421 e. The molecule has 2 rings (SSSR count). The maximum atomic E-state index is 11.6. The summed E-state index contributed by atoms with van der Waals surface area (Å²) < 4.78 is 6.60. The van der Waals surface area contributed by atoms with Crippen molar-refractivity contribution in [2.75, 3.05) is 6.54 Å². The molecule has 1 unspecified atom stereocenters. The molecular weight excluding hydrogens is 194 g/mol. The smallest absolute Gasteiger partial charge is 0.406 e. The molecule has 5 nitrogen and oxygen atoms in total. The van der Waals surface area contributed by atoms with Gasteiger partial charge in [0.1, 0.15) is 0 Å². The van der Waals surface area contributed by atoms with Gasteiger partial charge in [-0.25, -0.2) is 9.78 Å². The van der Waals surface area contributed by atoms with E-state index in [9.17, 15) is 4.79 Å². The van der Waals surface area contributed by atoms with Crippen LogP contribution >= 0.6 is 0 Å². The normalized spacial score (nSPS) is 13.2. The molecule has 0 amide bonds. The van der Waals surface area contributed by atoms with Gasteiger partial charge in [0.25, 0.3) is 0 Å². The average molecular weight is 207 g/mol. The van der Waals surface area contributed by atoms with Gasteiger partial charge in [0.2, 0.25) is 0 Å². The van der Waals surface area contributed by atoms with Crippen molar-refractivity contribution in [3.63, 3.8) is 0 Å². The molecule has 1 atom stereocenters. The van der Waals surface area contributed by atoms with E-state index in [1.165, 1.54) is 4.57 Å². The van der Waals surface area contributed by atoms with Crippen LogP contribution in [0.5, 0.6) is 0 Å². The van der Waals surface area contributed by atoms with Crippen molar-refractivity contribution in [2.45, 2.75) is 19.4 Å². The Morgan fingerprint density at radius 1 is 1.67 bits per heavy atom. The third-order valence-electron chi connectivity index (χ3n) is 2.48. The average Bonchev–Trinajstić information content (AvgIpc) is 2.58. The highest BCUT2D eigenvalue weighted by Gasteiger charge is 2.16. The minimum Gasteiger partial charge on any atom is -0.406 e. The number of aromatic nitrogens is 2. The molecule has 0 radical (unpaired) electrons. The highest BCUT2D eigenvalue weighted by atomic mass is 16.4. The molecule has 15 heavy (non-hydrogen) atoms. The van der Waals surface area contributed by atoms with Gasteiger partial charge in [-0.2, -0.15) is 0 Å². The van der Waals surface area contributed by atoms with Crippen molar-refractivity contribution >= 4 is 11.2 Å². The van der Waals surface area contributed by atoms with Gasteiger partial charge in [-0.3, -0.25) is 4.57 Å². The first-order valence-corrected chi connectivity index (χ1v) is 4.94. The molecule has 2 N–H and O–H groups in total. The van der Waals surface area contributed by atoms with Crippen LogP contribution in [0.15, 0.2) is 27.5 Å². The lowest BCUT2D eigenvalue weighted by atomic mass is 10.2. The second-order valence-corrected chi connectivity index (χ2v) is 3.36. The number of pyridine rings is 1. The molecule has 0 fully saturated rings. The van der Waals surface area contributed by atoms with Gasteiger partial charge < -0.3 is 10.2 Å². The van der Waals surface area contributed by atoms with E-state index in [-0.39, 0.29) is 11.8 Å². The molecule has 0 aromatic carbocycles. The molecule has 5 heteroatoms. The van der Waals surface area contributed by atoms with Gasteiger partial charge >= 0.3 is 5.76 Å². The predicted octanol–water partition coefficient (Wildman–Crippen LogP) is 0.899. The fourth-order valence-electron chi connectivity index (χ4n) is 1.65. The molecule has 0 aliphatic heterocycles. The van der Waals surface area contributed by atoms with Gasteiger partial charge in [-0.15, -0.1) is 0 Å². The van der Waals surface area contributed by atoms with Crippen LogP contribution in [-0.4, -0.2) is 16.1 Å². The fourth-order valence-corrected chi connectivity index (χ4v) is 1.65. The van der Waals surface area contributed by atoms with Crippen LogP contribution < -0.4 is 11.5 Å². The van der Waals surface area contributed by atoms with Crippen LogP contribution in [0.25, 0.3) is 11.2 Å². The zero-order chi connectivity index (χ0) is 10.8. The molecule has 0 aliphatic rings. The summed E-state index contributed by atoms with van der Waals surface area (Å²) >= 11 is 0. The quantitative estimate of drug-likeness (QED) is 0.811. The second-order valence-electron chi connectivity index (χ2n) is 3.36. The van der Waals surface area contributed by atoms with E-state index in [0.717, 1.165) is 6.42 Å². The third-order valence-corrected chi connectivity index (χ3v) is 2.48. The van der Waals surface area contributed by atoms with E-state index in [4.69, 9.17) is 10.2 Å². The lowest BCUT2D eigenvalue weighted by Gasteiger charge is -2.11. The molecule has 0 bridgehead atoms. The summed E-state index contributed by atoms with van der Waals surface area (Å²) in [6, 6.07) is 3.41. The Hall–Kier alpha value is -1.62. The first-order chi connectivity index (χ1) is 7.27. The first-order valence-electron chi connectivity index (χ1n) is 4.94. The minimum absolute atomic E-state index is 0.0475. The lowest BCUT2D eigenvalue weighted by Crippen LogP contribution is -2.26. The van der Waals surface area contributed by atoms with Crippen molar-refractivity contribution < 1.29 is 4.42 Å². The van der Waals surface area contributed by atoms with Crippen LogP contribution in [0.1, 0.15) is 19.4 Å². The Labute approximate surface area is 86.5 Å². The van der Waals surface area contributed by atoms with E-state index < -0.39 is 0 Å². The molecule has 80 valence electrons. The third kappa shape index (κ3) is 1.55. The van der Waals surface area contributed by atoms with Crippen molar-refractivity contribution in [3.05, 3.63) is 28.9 Å². The molecule has 2 heterocycles. The van der Waals surface area contributed by atoms with Gasteiger partial charge in [0.15, 0.2) is 11.2 Å². The van der Waals surface area contributed by atoms with Crippen LogP contribution in [0.4, 0.5) is 0 Å². The van der Waals surface area contributed by atoms with Crippen molar-refractivity contribution in [3.8, 4) is 0 Å².